The fraction of sp³-hybridized carbons (Fsp3) is 0.773. The lowest BCUT2D eigenvalue weighted by atomic mass is 9.33. The van der Waals surface area contributed by atoms with Gasteiger partial charge in [0.25, 0.3) is 5.91 Å². The third-order valence-electron chi connectivity index (χ3n) is 17.1. The van der Waals surface area contributed by atoms with E-state index in [2.05, 4.69) is 59.9 Å². The number of aliphatic hydroxyl groups is 4. The van der Waals surface area contributed by atoms with Gasteiger partial charge in [-0.25, -0.2) is 0 Å². The molecule has 1 amide bonds. The number of carboxylic acid groups (broad SMARTS) is 1. The highest BCUT2D eigenvalue weighted by atomic mass is 16.6. The maximum absolute atomic E-state index is 13.3. The number of ether oxygens (including phenoxy) is 1. The van der Waals surface area contributed by atoms with Crippen LogP contribution in [0.15, 0.2) is 42.0 Å². The van der Waals surface area contributed by atoms with Crippen molar-refractivity contribution in [2.45, 2.75) is 156 Å². The molecule has 6 aliphatic rings. The third kappa shape index (κ3) is 5.79. The van der Waals surface area contributed by atoms with Crippen molar-refractivity contribution < 1.29 is 39.9 Å². The summed E-state index contributed by atoms with van der Waals surface area (Å²) in [7, 11) is 0. The Kier molecular flexibility index (Phi) is 9.66. The van der Waals surface area contributed by atoms with Crippen molar-refractivity contribution in [1.29, 1.82) is 0 Å². The van der Waals surface area contributed by atoms with E-state index in [9.17, 15) is 35.1 Å². The van der Waals surface area contributed by atoms with Gasteiger partial charge in [-0.2, -0.15) is 0 Å². The van der Waals surface area contributed by atoms with Gasteiger partial charge in [-0.3, -0.25) is 9.59 Å². The van der Waals surface area contributed by atoms with E-state index in [-0.39, 0.29) is 51.4 Å². The predicted molar refractivity (Wildman–Crippen MR) is 201 cm³/mol. The Morgan fingerprint density at radius 3 is 2.21 bits per heavy atom. The molecule has 5 aliphatic carbocycles. The minimum absolute atomic E-state index is 0.000620. The highest BCUT2D eigenvalue weighted by Gasteiger charge is 2.70. The maximum atomic E-state index is 13.3. The summed E-state index contributed by atoms with van der Waals surface area (Å²) in [6.45, 7) is 16.7. The smallest absolute Gasteiger partial charge is 0.310 e. The molecule has 0 radical (unpaired) electrons. The first-order valence-corrected chi connectivity index (χ1v) is 20.4. The summed E-state index contributed by atoms with van der Waals surface area (Å²) in [5.41, 5.74) is 1.23. The standard InChI is InChI=1S/C44H65NO8/c1-39(2)19-21-44(38(51)52)22-20-42(6)26(28(44)23-39)13-14-30-41(5)17-15-27(40(3,4)29(41)16-18-43(30,42)7)31(46)35-33(48)32(47)34(49)36(53-35)37(50)45-24-25-11-9-8-10-12-25/h8-13,27-36,46-49H,14-24H2,1-7H3,(H,45,50)(H,51,52)/t27-,28?,29?,30?,31+,32-,33?,34+,35+,36?,41+,42-,43-,44+/m1/s1. The summed E-state index contributed by atoms with van der Waals surface area (Å²) in [6, 6.07) is 9.35. The van der Waals surface area contributed by atoms with Crippen molar-refractivity contribution in [3.63, 3.8) is 0 Å². The van der Waals surface area contributed by atoms with Gasteiger partial charge in [0.15, 0.2) is 6.10 Å². The lowest BCUT2D eigenvalue weighted by Gasteiger charge is -2.71. The fourth-order valence-corrected chi connectivity index (χ4v) is 13.8. The van der Waals surface area contributed by atoms with Crippen LogP contribution in [0.1, 0.15) is 118 Å². The van der Waals surface area contributed by atoms with Crippen LogP contribution < -0.4 is 5.32 Å². The number of benzene rings is 1. The van der Waals surface area contributed by atoms with E-state index in [0.29, 0.717) is 12.3 Å². The molecule has 5 fully saturated rings. The first-order valence-electron chi connectivity index (χ1n) is 20.4. The van der Waals surface area contributed by atoms with E-state index >= 15 is 0 Å². The van der Waals surface area contributed by atoms with Crippen molar-refractivity contribution in [2.75, 3.05) is 0 Å². The summed E-state index contributed by atoms with van der Waals surface area (Å²) in [6.07, 6.45) is 2.50. The Morgan fingerprint density at radius 2 is 1.53 bits per heavy atom. The largest absolute Gasteiger partial charge is 0.481 e. The van der Waals surface area contributed by atoms with Gasteiger partial charge < -0.3 is 35.6 Å². The van der Waals surface area contributed by atoms with E-state index < -0.39 is 53.9 Å². The van der Waals surface area contributed by atoms with E-state index in [1.165, 1.54) is 5.57 Å². The number of hydrogen-bond acceptors (Lipinski definition) is 7. The van der Waals surface area contributed by atoms with Gasteiger partial charge in [-0.15, -0.1) is 0 Å². The van der Waals surface area contributed by atoms with Gasteiger partial charge in [0.1, 0.15) is 24.4 Å². The second kappa shape index (κ2) is 13.1. The number of rotatable bonds is 6. The summed E-state index contributed by atoms with van der Waals surface area (Å²) in [4.78, 5) is 26.3. The van der Waals surface area contributed by atoms with Crippen LogP contribution in [0, 0.1) is 56.2 Å². The molecule has 6 N–H and O–H groups in total. The van der Waals surface area contributed by atoms with Crippen molar-refractivity contribution >= 4 is 11.9 Å². The number of amides is 1. The number of nitrogens with one attached hydrogen (secondary N) is 1. The zero-order valence-corrected chi connectivity index (χ0v) is 33.0. The molecule has 9 heteroatoms. The van der Waals surface area contributed by atoms with E-state index in [1.807, 2.05) is 30.3 Å². The quantitative estimate of drug-likeness (QED) is 0.194. The van der Waals surface area contributed by atoms with Crippen LogP contribution in [0.5, 0.6) is 0 Å². The molecule has 1 aromatic rings. The Bertz CT molecular complexity index is 1610. The van der Waals surface area contributed by atoms with Crippen LogP contribution in [0.25, 0.3) is 0 Å². The molecule has 1 heterocycles. The second-order valence-electron chi connectivity index (χ2n) is 20.3. The van der Waals surface area contributed by atoms with Crippen molar-refractivity contribution in [1.82, 2.24) is 5.32 Å². The molecule has 53 heavy (non-hydrogen) atoms. The fourth-order valence-electron chi connectivity index (χ4n) is 13.8. The van der Waals surface area contributed by atoms with Crippen LogP contribution >= 0.6 is 0 Å². The number of hydrogen-bond donors (Lipinski definition) is 6. The SMILES string of the molecule is CC1(C)CC[C@]2(C(=O)O)CC[C@]3(C)C(=CCC4[C@@]5(C)CC[C@H]([C@H](O)[C@@H]6OC(C(=O)NCc7ccccc7)[C@@H](O)[C@H](O)C6O)C(C)(C)C5CC[C@]43C)C2C1. The minimum atomic E-state index is -1.66. The van der Waals surface area contributed by atoms with Crippen molar-refractivity contribution in [2.24, 2.45) is 56.2 Å². The molecule has 5 unspecified atom stereocenters. The monoisotopic (exact) mass is 735 g/mol. The molecular weight excluding hydrogens is 670 g/mol. The summed E-state index contributed by atoms with van der Waals surface area (Å²) >= 11 is 0. The summed E-state index contributed by atoms with van der Waals surface area (Å²) in [5, 5.41) is 58.6. The van der Waals surface area contributed by atoms with Crippen LogP contribution in [0.4, 0.5) is 0 Å². The molecule has 9 nitrogen and oxygen atoms in total. The molecule has 7 rings (SSSR count). The van der Waals surface area contributed by atoms with Crippen LogP contribution in [-0.2, 0) is 20.9 Å². The maximum Gasteiger partial charge on any atom is 0.310 e. The topological polar surface area (TPSA) is 157 Å². The normalized spacial score (nSPS) is 46.3. The molecule has 14 atom stereocenters. The average Bonchev–Trinajstić information content (AvgIpc) is 3.09. The average molecular weight is 736 g/mol. The summed E-state index contributed by atoms with van der Waals surface area (Å²) < 4.78 is 6.09. The Morgan fingerprint density at radius 1 is 0.849 bits per heavy atom. The lowest BCUT2D eigenvalue weighted by molar-refractivity contribution is -0.259. The second-order valence-corrected chi connectivity index (χ2v) is 20.3. The number of carboxylic acids is 1. The molecule has 1 aromatic carbocycles. The van der Waals surface area contributed by atoms with Gasteiger partial charge in [0.05, 0.1) is 11.5 Å². The molecule has 294 valence electrons. The number of carbonyl (C=O) groups is 2. The zero-order chi connectivity index (χ0) is 38.5. The Labute approximate surface area is 316 Å². The highest BCUT2D eigenvalue weighted by molar-refractivity contribution is 5.81. The van der Waals surface area contributed by atoms with Gasteiger partial charge in [0.2, 0.25) is 0 Å². The van der Waals surface area contributed by atoms with Crippen LogP contribution in [0.2, 0.25) is 0 Å². The molecule has 1 aliphatic heterocycles. The van der Waals surface area contributed by atoms with Crippen molar-refractivity contribution in [3.05, 3.63) is 47.5 Å². The van der Waals surface area contributed by atoms with E-state index in [1.54, 1.807) is 0 Å². The van der Waals surface area contributed by atoms with E-state index in [4.69, 9.17) is 4.74 Å². The number of fused-ring (bicyclic) bond motifs is 7. The summed E-state index contributed by atoms with van der Waals surface area (Å²) in [5.74, 6) is -0.786. The molecule has 0 aromatic heterocycles. The number of carbonyl (C=O) groups excluding carboxylic acids is 1. The number of allylic oxidation sites excluding steroid dienone is 2. The van der Waals surface area contributed by atoms with E-state index in [0.717, 1.165) is 63.4 Å². The van der Waals surface area contributed by atoms with Crippen LogP contribution in [-0.4, -0.2) is 74.0 Å². The lowest BCUT2D eigenvalue weighted by Crippen LogP contribution is -2.67. The van der Waals surface area contributed by atoms with Crippen LogP contribution in [0.3, 0.4) is 0 Å². The van der Waals surface area contributed by atoms with Gasteiger partial charge in [-0.05, 0) is 121 Å². The predicted octanol–water partition coefficient (Wildman–Crippen LogP) is 6.02. The number of aliphatic carboxylic acids is 1. The molecule has 0 bridgehead atoms. The van der Waals surface area contributed by atoms with Crippen molar-refractivity contribution in [3.8, 4) is 0 Å². The molecular formula is C44H65NO8. The first-order chi connectivity index (χ1) is 24.7. The zero-order valence-electron chi connectivity index (χ0n) is 33.0. The Hall–Kier alpha value is -2.30. The van der Waals surface area contributed by atoms with Gasteiger partial charge in [0, 0.05) is 6.54 Å². The molecule has 0 spiro atoms. The molecule has 1 saturated heterocycles. The first kappa shape index (κ1) is 39.0. The minimum Gasteiger partial charge on any atom is -0.481 e. The van der Waals surface area contributed by atoms with Gasteiger partial charge >= 0.3 is 5.97 Å². The highest BCUT2D eigenvalue weighted by Crippen LogP contribution is 2.76. The number of aliphatic hydroxyl groups excluding tert-OH is 4. The van der Waals surface area contributed by atoms with Gasteiger partial charge in [-0.1, -0.05) is 90.4 Å². The third-order valence-corrected chi connectivity index (χ3v) is 17.1. The Balaban J connectivity index is 1.13. The molecule has 4 saturated carbocycles.